The average molecular weight is 422 g/mol. The maximum Gasteiger partial charge on any atom is 0.277 e. The molecule has 2 fully saturated rings. The van der Waals surface area contributed by atoms with Crippen LogP contribution >= 0.6 is 12.4 Å². The first-order chi connectivity index (χ1) is 13.7. The van der Waals surface area contributed by atoms with Crippen LogP contribution in [0.3, 0.4) is 0 Å². The Balaban J connectivity index is 0.00000240. The lowest BCUT2D eigenvalue weighted by atomic mass is 9.92. The predicted octanol–water partition coefficient (Wildman–Crippen LogP) is 2.95. The number of hydrogen-bond donors (Lipinski definition) is 2. The Kier molecular flexibility index (Phi) is 7.46. The van der Waals surface area contributed by atoms with Gasteiger partial charge in [0.1, 0.15) is 12.4 Å². The van der Waals surface area contributed by atoms with Gasteiger partial charge in [0.05, 0.1) is 24.0 Å². The fourth-order valence-corrected chi connectivity index (χ4v) is 3.77. The van der Waals surface area contributed by atoms with Crippen molar-refractivity contribution in [2.45, 2.75) is 56.7 Å². The maximum atomic E-state index is 12.6. The number of halogens is 1. The molecule has 1 aromatic heterocycles. The van der Waals surface area contributed by atoms with Crippen LogP contribution in [0.4, 0.5) is 5.69 Å². The summed E-state index contributed by atoms with van der Waals surface area (Å²) >= 11 is 0. The Bertz CT molecular complexity index is 801. The quantitative estimate of drug-likeness (QED) is 0.743. The Morgan fingerprint density at radius 3 is 2.79 bits per heavy atom. The Hall–Kier alpha value is -2.16. The number of nitrogens with zero attached hydrogens (tertiary/aromatic N) is 3. The first kappa shape index (κ1) is 21.5. The minimum Gasteiger partial charge on any atom is -0.489 e. The van der Waals surface area contributed by atoms with E-state index >= 15 is 0 Å². The van der Waals surface area contributed by atoms with Crippen molar-refractivity contribution in [2.75, 3.05) is 18.5 Å². The Labute approximate surface area is 176 Å². The van der Waals surface area contributed by atoms with Crippen LogP contribution in [0, 0.1) is 0 Å². The smallest absolute Gasteiger partial charge is 0.277 e. The summed E-state index contributed by atoms with van der Waals surface area (Å²) in [5.74, 6) is 0.326. The molecule has 4 rings (SSSR count). The summed E-state index contributed by atoms with van der Waals surface area (Å²) in [5.41, 5.74) is 6.87. The van der Waals surface area contributed by atoms with Gasteiger partial charge in [-0.25, -0.2) is 4.68 Å². The molecule has 8 nitrogen and oxygen atoms in total. The molecule has 29 heavy (non-hydrogen) atoms. The molecule has 1 amide bonds. The molecule has 1 aliphatic carbocycles. The summed E-state index contributed by atoms with van der Waals surface area (Å²) in [6, 6.07) is 7.92. The van der Waals surface area contributed by atoms with Crippen LogP contribution in [0.2, 0.25) is 0 Å². The van der Waals surface area contributed by atoms with Gasteiger partial charge in [0.15, 0.2) is 5.69 Å². The number of carbonyl (C=O) groups excluding carboxylic acids is 1. The summed E-state index contributed by atoms with van der Waals surface area (Å²) in [4.78, 5) is 12.6. The summed E-state index contributed by atoms with van der Waals surface area (Å²) in [6.07, 6.45) is 7.78. The summed E-state index contributed by atoms with van der Waals surface area (Å²) < 4.78 is 13.3. The lowest BCUT2D eigenvalue weighted by Crippen LogP contribution is -2.28. The molecule has 1 atom stereocenters. The van der Waals surface area contributed by atoms with E-state index in [9.17, 15) is 4.79 Å². The summed E-state index contributed by atoms with van der Waals surface area (Å²) in [7, 11) is 0. The molecule has 1 unspecified atom stereocenters. The van der Waals surface area contributed by atoms with Gasteiger partial charge in [-0.15, -0.1) is 17.5 Å². The lowest BCUT2D eigenvalue weighted by Gasteiger charge is -2.25. The minimum absolute atomic E-state index is 0. The molecule has 1 aromatic carbocycles. The van der Waals surface area contributed by atoms with Crippen molar-refractivity contribution >= 4 is 24.0 Å². The van der Waals surface area contributed by atoms with Crippen LogP contribution in [0.25, 0.3) is 0 Å². The third kappa shape index (κ3) is 5.46. The average Bonchev–Trinajstić information content (AvgIpc) is 3.40. The van der Waals surface area contributed by atoms with E-state index in [1.807, 2.05) is 24.3 Å². The zero-order chi connectivity index (χ0) is 19.3. The molecule has 9 heteroatoms. The molecule has 2 aliphatic rings. The third-order valence-corrected chi connectivity index (χ3v) is 5.44. The molecule has 0 radical (unpaired) electrons. The topological polar surface area (TPSA) is 104 Å². The van der Waals surface area contributed by atoms with Gasteiger partial charge >= 0.3 is 0 Å². The lowest BCUT2D eigenvalue weighted by molar-refractivity contribution is 0.0682. The molecular weight excluding hydrogens is 394 g/mol. The second-order valence-corrected chi connectivity index (χ2v) is 7.55. The molecule has 158 valence electrons. The molecule has 0 spiro atoms. The maximum absolute atomic E-state index is 12.6. The number of rotatable bonds is 6. The van der Waals surface area contributed by atoms with Crippen molar-refractivity contribution in [1.82, 2.24) is 15.0 Å². The van der Waals surface area contributed by atoms with E-state index in [2.05, 4.69) is 15.6 Å². The van der Waals surface area contributed by atoms with Crippen molar-refractivity contribution in [1.29, 1.82) is 0 Å². The minimum atomic E-state index is -0.299. The first-order valence-corrected chi connectivity index (χ1v) is 10.0. The van der Waals surface area contributed by atoms with E-state index in [0.29, 0.717) is 23.7 Å². The van der Waals surface area contributed by atoms with Crippen LogP contribution in [0.1, 0.15) is 55.1 Å². The monoisotopic (exact) mass is 421 g/mol. The molecule has 1 saturated carbocycles. The Morgan fingerprint density at radius 2 is 2.03 bits per heavy atom. The van der Waals surface area contributed by atoms with Gasteiger partial charge in [0, 0.05) is 12.6 Å². The molecular formula is C20H28ClN5O3. The van der Waals surface area contributed by atoms with Gasteiger partial charge < -0.3 is 20.5 Å². The standard InChI is InChI=1S/C20H27N5O3.ClH/c21-14-7-9-15(10-8-14)25-12-18(23-24-25)20(26)22-17-5-1-2-6-19(17)28-13-16-4-3-11-27-16;/h1-2,5-6,12,14-16H,3-4,7-11,13,21H2,(H,22,26);1H. The van der Waals surface area contributed by atoms with E-state index in [1.54, 1.807) is 10.9 Å². The zero-order valence-electron chi connectivity index (χ0n) is 16.3. The summed E-state index contributed by atoms with van der Waals surface area (Å²) in [6.45, 7) is 1.27. The first-order valence-electron chi connectivity index (χ1n) is 10.0. The SMILES string of the molecule is Cl.NC1CCC(n2cc(C(=O)Nc3ccccc3OCC3CCCO3)nn2)CC1. The number of carbonyl (C=O) groups is 1. The van der Waals surface area contributed by atoms with E-state index < -0.39 is 0 Å². The number of amides is 1. The number of para-hydroxylation sites is 2. The van der Waals surface area contributed by atoms with E-state index in [1.165, 1.54) is 0 Å². The number of hydrogen-bond acceptors (Lipinski definition) is 6. The molecule has 1 aliphatic heterocycles. The molecule has 0 bridgehead atoms. The van der Waals surface area contributed by atoms with E-state index in [-0.39, 0.29) is 36.5 Å². The molecule has 3 N–H and O–H groups in total. The highest BCUT2D eigenvalue weighted by Crippen LogP contribution is 2.28. The van der Waals surface area contributed by atoms with Crippen molar-refractivity contribution in [3.05, 3.63) is 36.2 Å². The largest absolute Gasteiger partial charge is 0.489 e. The van der Waals surface area contributed by atoms with Crippen molar-refractivity contribution < 1.29 is 14.3 Å². The van der Waals surface area contributed by atoms with Gasteiger partial charge in [0.2, 0.25) is 0 Å². The summed E-state index contributed by atoms with van der Waals surface area (Å²) in [5, 5.41) is 11.1. The highest BCUT2D eigenvalue weighted by atomic mass is 35.5. The number of nitrogens with one attached hydrogen (secondary N) is 1. The number of benzene rings is 1. The number of nitrogens with two attached hydrogens (primary N) is 1. The number of anilines is 1. The van der Waals surface area contributed by atoms with Gasteiger partial charge in [-0.3, -0.25) is 4.79 Å². The fourth-order valence-electron chi connectivity index (χ4n) is 3.77. The van der Waals surface area contributed by atoms with Crippen LogP contribution in [0.5, 0.6) is 5.75 Å². The normalized spacial score (nSPS) is 24.0. The van der Waals surface area contributed by atoms with Gasteiger partial charge in [-0.2, -0.15) is 0 Å². The fraction of sp³-hybridized carbons (Fsp3) is 0.550. The number of ether oxygens (including phenoxy) is 2. The van der Waals surface area contributed by atoms with Crippen molar-refractivity contribution in [3.8, 4) is 5.75 Å². The predicted molar refractivity (Wildman–Crippen MR) is 112 cm³/mol. The van der Waals surface area contributed by atoms with Crippen LogP contribution < -0.4 is 15.8 Å². The van der Waals surface area contributed by atoms with Crippen LogP contribution in [-0.4, -0.2) is 46.3 Å². The Morgan fingerprint density at radius 1 is 1.24 bits per heavy atom. The van der Waals surface area contributed by atoms with Gasteiger partial charge in [0.25, 0.3) is 5.91 Å². The zero-order valence-corrected chi connectivity index (χ0v) is 17.1. The second-order valence-electron chi connectivity index (χ2n) is 7.55. The van der Waals surface area contributed by atoms with Gasteiger partial charge in [-0.1, -0.05) is 17.3 Å². The molecule has 1 saturated heterocycles. The molecule has 2 heterocycles. The van der Waals surface area contributed by atoms with Crippen LogP contribution in [0.15, 0.2) is 30.5 Å². The van der Waals surface area contributed by atoms with E-state index in [0.717, 1.165) is 45.1 Å². The number of aromatic nitrogens is 3. The highest BCUT2D eigenvalue weighted by molar-refractivity contribution is 6.03. The second kappa shape index (κ2) is 10.0. The molecule has 2 aromatic rings. The van der Waals surface area contributed by atoms with Crippen LogP contribution in [-0.2, 0) is 4.74 Å². The van der Waals surface area contributed by atoms with E-state index in [4.69, 9.17) is 15.2 Å². The van der Waals surface area contributed by atoms with Gasteiger partial charge in [-0.05, 0) is 50.7 Å². The van der Waals surface area contributed by atoms with Crippen molar-refractivity contribution in [2.24, 2.45) is 5.73 Å². The highest BCUT2D eigenvalue weighted by Gasteiger charge is 2.23. The third-order valence-electron chi connectivity index (χ3n) is 5.44. The van der Waals surface area contributed by atoms with Crippen molar-refractivity contribution in [3.63, 3.8) is 0 Å².